The first-order chi connectivity index (χ1) is 26.8. The van der Waals surface area contributed by atoms with Crippen LogP contribution in [0.15, 0.2) is 42.7 Å². The Morgan fingerprint density at radius 3 is 0.789 bits per heavy atom. The van der Waals surface area contributed by atoms with Crippen LogP contribution < -0.4 is 14.0 Å². The van der Waals surface area contributed by atoms with Gasteiger partial charge in [-0.15, -0.1) is 0 Å². The number of H-pyrrole nitrogens is 1. The maximum absolute atomic E-state index is 15.1. The molecule has 0 aliphatic heterocycles. The Morgan fingerprint density at radius 1 is 0.316 bits per heavy atom. The smallest absolute Gasteiger partial charge is 0.486 e. The summed E-state index contributed by atoms with van der Waals surface area (Å²) in [6.07, 6.45) is 3.75. The fraction of sp³-hybridized carbons (Fsp3) is 0. The number of rotatable bonds is 6. The van der Waals surface area contributed by atoms with Crippen molar-refractivity contribution in [1.29, 1.82) is 0 Å². The Balaban J connectivity index is 0.00000102. The van der Waals surface area contributed by atoms with Gasteiger partial charge >= 0.3 is 7.32 Å². The van der Waals surface area contributed by atoms with Crippen molar-refractivity contribution >= 4 is 39.6 Å². The molecule has 4 nitrogen and oxygen atoms in total. The van der Waals surface area contributed by atoms with E-state index < -0.39 is 162 Å². The second-order valence-corrected chi connectivity index (χ2v) is 11.1. The van der Waals surface area contributed by atoms with E-state index in [4.69, 9.17) is 0 Å². The first kappa shape index (κ1) is 40.3. The second-order valence-electron chi connectivity index (χ2n) is 11.1. The summed E-state index contributed by atoms with van der Waals surface area (Å²) in [6, 6.07) is 2.97. The Kier molecular flexibility index (Phi) is 10.5. The van der Waals surface area contributed by atoms with E-state index in [1.165, 1.54) is 0 Å². The minimum absolute atomic E-state index is 0.306. The van der Waals surface area contributed by atoms with Crippen LogP contribution in [0.5, 0.6) is 17.2 Å². The standard InChI is InChI=1S/C30H3BF18O3.C4H5N/c32-7-1-4-10(19(41)25(47)22(44)13(4)35)28(16(7)38)50-31(51-29-11-5(2-8(33)17(29)39)14(36)23(45)26(48)20(11)42)52-30-12-6(3-9(34)18(30)40)15(37)24(46)27(49)21(12)43;1-2-4-5-3-1/h1-3H;1-5H. The Hall–Kier alpha value is -6.42. The van der Waals surface area contributed by atoms with Crippen LogP contribution in [-0.4, -0.2) is 12.3 Å². The van der Waals surface area contributed by atoms with Crippen molar-refractivity contribution in [3.05, 3.63) is 147 Å². The number of hydrogen-bond donors (Lipinski definition) is 1. The molecule has 296 valence electrons. The molecule has 0 unspecified atom stereocenters. The van der Waals surface area contributed by atoms with Gasteiger partial charge in [0, 0.05) is 28.6 Å². The molecule has 0 saturated carbocycles. The molecule has 6 aromatic carbocycles. The Morgan fingerprint density at radius 2 is 0.561 bits per heavy atom. The van der Waals surface area contributed by atoms with E-state index in [0.29, 0.717) is 0 Å². The average molecular weight is 831 g/mol. The van der Waals surface area contributed by atoms with Gasteiger partial charge in [-0.2, -0.15) is 13.2 Å². The summed E-state index contributed by atoms with van der Waals surface area (Å²) >= 11 is 0. The monoisotopic (exact) mass is 831 g/mol. The van der Waals surface area contributed by atoms with Crippen molar-refractivity contribution < 1.29 is 93.0 Å². The summed E-state index contributed by atoms with van der Waals surface area (Å²) in [5.74, 6) is -53.3. The summed E-state index contributed by atoms with van der Waals surface area (Å²) in [4.78, 5) is 2.86. The van der Waals surface area contributed by atoms with Crippen molar-refractivity contribution in [2.24, 2.45) is 0 Å². The quantitative estimate of drug-likeness (QED) is 0.0786. The average Bonchev–Trinajstić information content (AvgIpc) is 3.78. The summed E-state index contributed by atoms with van der Waals surface area (Å²) in [5, 5.41) is -11.1. The van der Waals surface area contributed by atoms with E-state index in [2.05, 4.69) is 18.9 Å². The van der Waals surface area contributed by atoms with Gasteiger partial charge in [0.2, 0.25) is 0 Å². The molecule has 0 aliphatic rings. The van der Waals surface area contributed by atoms with E-state index in [9.17, 15) is 65.9 Å². The highest BCUT2D eigenvalue weighted by molar-refractivity contribution is 6.40. The van der Waals surface area contributed by atoms with Crippen LogP contribution in [0.1, 0.15) is 0 Å². The molecule has 0 spiro atoms. The topological polar surface area (TPSA) is 43.5 Å². The van der Waals surface area contributed by atoms with Crippen LogP contribution in [-0.2, 0) is 0 Å². The van der Waals surface area contributed by atoms with E-state index in [0.717, 1.165) is 0 Å². The molecule has 0 aliphatic carbocycles. The lowest BCUT2D eigenvalue weighted by molar-refractivity contribution is 0.284. The first-order valence-corrected chi connectivity index (χ1v) is 14.8. The molecule has 0 bridgehead atoms. The third kappa shape index (κ3) is 6.58. The molecule has 7 rings (SSSR count). The highest BCUT2D eigenvalue weighted by Crippen LogP contribution is 2.42. The van der Waals surface area contributed by atoms with Crippen molar-refractivity contribution in [2.75, 3.05) is 0 Å². The summed E-state index contributed by atoms with van der Waals surface area (Å²) in [7, 11) is -3.82. The van der Waals surface area contributed by atoms with E-state index in [1.807, 2.05) is 24.5 Å². The number of aromatic amines is 1. The maximum Gasteiger partial charge on any atom is 0.864 e. The molecule has 0 amide bonds. The third-order valence-corrected chi connectivity index (χ3v) is 7.77. The molecule has 1 aromatic heterocycles. The number of halogens is 18. The van der Waals surface area contributed by atoms with Crippen LogP contribution in [0, 0.1) is 105 Å². The predicted octanol–water partition coefficient (Wildman–Crippen LogP) is 11.2. The number of benzene rings is 6. The van der Waals surface area contributed by atoms with Crippen molar-refractivity contribution in [3.8, 4) is 17.2 Å². The normalized spacial score (nSPS) is 11.3. The zero-order valence-electron chi connectivity index (χ0n) is 26.6. The molecular formula is C34H8BF18NO3. The Bertz CT molecular complexity index is 2490. The van der Waals surface area contributed by atoms with Gasteiger partial charge in [0.05, 0.1) is 16.2 Å². The lowest BCUT2D eigenvalue weighted by Gasteiger charge is -2.21. The minimum atomic E-state index is -3.82. The predicted molar refractivity (Wildman–Crippen MR) is 160 cm³/mol. The van der Waals surface area contributed by atoms with Gasteiger partial charge in [0.1, 0.15) is 0 Å². The van der Waals surface area contributed by atoms with Crippen molar-refractivity contribution in [1.82, 2.24) is 4.98 Å². The molecular weight excluding hydrogens is 823 g/mol. The van der Waals surface area contributed by atoms with E-state index in [1.54, 1.807) is 0 Å². The molecule has 1 N–H and O–H groups in total. The molecule has 23 heteroatoms. The van der Waals surface area contributed by atoms with Gasteiger partial charge in [0.15, 0.2) is 122 Å². The van der Waals surface area contributed by atoms with Gasteiger partial charge < -0.3 is 18.9 Å². The van der Waals surface area contributed by atoms with Gasteiger partial charge in [-0.1, -0.05) is 0 Å². The fourth-order valence-electron chi connectivity index (χ4n) is 5.21. The van der Waals surface area contributed by atoms with Gasteiger partial charge in [0.25, 0.3) is 0 Å². The highest BCUT2D eigenvalue weighted by Gasteiger charge is 2.41. The summed E-state index contributed by atoms with van der Waals surface area (Å²) in [6.45, 7) is 0. The van der Waals surface area contributed by atoms with E-state index in [-0.39, 0.29) is 18.2 Å². The van der Waals surface area contributed by atoms with Crippen molar-refractivity contribution in [2.45, 2.75) is 0 Å². The SMILES string of the molecule is Fc1cc2c(F)c(F)c(F)c(F)c2c(OB(Oc2c(F)c(F)cc3c(F)c(F)c(F)c(F)c23)Oc2c(F)c(F)cc3c(F)c(F)c(F)c(F)c23)c1F.c1cc[nH]c1. The first-order valence-electron chi connectivity index (χ1n) is 14.8. The molecule has 0 fully saturated rings. The third-order valence-electron chi connectivity index (χ3n) is 7.77. The summed E-state index contributed by atoms with van der Waals surface area (Å²) in [5.41, 5.74) is 0. The molecule has 1 heterocycles. The molecule has 0 atom stereocenters. The molecule has 7 aromatic rings. The summed E-state index contributed by atoms with van der Waals surface area (Å²) < 4.78 is 276. The zero-order valence-corrected chi connectivity index (χ0v) is 26.6. The van der Waals surface area contributed by atoms with Crippen molar-refractivity contribution in [3.63, 3.8) is 0 Å². The zero-order chi connectivity index (χ0) is 41.9. The van der Waals surface area contributed by atoms with Gasteiger partial charge in [-0.3, -0.25) is 0 Å². The molecule has 57 heavy (non-hydrogen) atoms. The number of nitrogens with one attached hydrogen (secondary N) is 1. The minimum Gasteiger partial charge on any atom is -0.486 e. The number of hydrogen-bond acceptors (Lipinski definition) is 3. The fourth-order valence-corrected chi connectivity index (χ4v) is 5.21. The highest BCUT2D eigenvalue weighted by atomic mass is 19.2. The number of aromatic nitrogens is 1. The molecule has 0 saturated heterocycles. The van der Waals surface area contributed by atoms with Crippen LogP contribution in [0.2, 0.25) is 0 Å². The Labute approximate surface area is 302 Å². The van der Waals surface area contributed by atoms with Crippen LogP contribution in [0.25, 0.3) is 32.3 Å². The van der Waals surface area contributed by atoms with E-state index >= 15 is 13.2 Å². The molecule has 0 radical (unpaired) electrons. The van der Waals surface area contributed by atoms with Crippen LogP contribution in [0.4, 0.5) is 79.0 Å². The largest absolute Gasteiger partial charge is 0.864 e. The van der Waals surface area contributed by atoms with Crippen LogP contribution in [0.3, 0.4) is 0 Å². The maximum atomic E-state index is 15.1. The second kappa shape index (κ2) is 14.9. The van der Waals surface area contributed by atoms with Gasteiger partial charge in [-0.05, 0) is 30.3 Å². The van der Waals surface area contributed by atoms with Gasteiger partial charge in [-0.25, -0.2) is 65.9 Å². The lowest BCUT2D eigenvalue weighted by Crippen LogP contribution is -2.38. The lowest BCUT2D eigenvalue weighted by atomic mass is 10.0. The number of fused-ring (bicyclic) bond motifs is 3. The van der Waals surface area contributed by atoms with Crippen LogP contribution >= 0.6 is 0 Å².